The molecule has 2 aromatic rings. The molecule has 4 heteroatoms. The van der Waals surface area contributed by atoms with Gasteiger partial charge in [-0.1, -0.05) is 12.8 Å². The van der Waals surface area contributed by atoms with Crippen LogP contribution >= 0.6 is 0 Å². The summed E-state index contributed by atoms with van der Waals surface area (Å²) in [5.74, 6) is 0.744. The monoisotopic (exact) mass is 230 g/mol. The first kappa shape index (κ1) is 10.7. The van der Waals surface area contributed by atoms with Gasteiger partial charge in [-0.2, -0.15) is 5.10 Å². The Kier molecular flexibility index (Phi) is 2.81. The number of hydrogen-bond acceptors (Lipinski definition) is 3. The number of aromatic nitrogens is 3. The van der Waals surface area contributed by atoms with E-state index in [1.807, 2.05) is 30.2 Å². The molecule has 1 unspecified atom stereocenters. The Morgan fingerprint density at radius 3 is 2.94 bits per heavy atom. The van der Waals surface area contributed by atoms with Gasteiger partial charge in [0.1, 0.15) is 0 Å². The zero-order valence-electron chi connectivity index (χ0n) is 10.1. The molecular weight excluding hydrogens is 212 g/mol. The minimum atomic E-state index is 0.416. The number of fused-ring (bicyclic) bond motifs is 1. The standard InChI is InChI=1S/C13H18N4/c1-14-13(10-4-2-3-5-10)11-8-16-17-7-6-15-9-12(11)17/h6-10,13-14H,2-5H2,1H3. The van der Waals surface area contributed by atoms with E-state index in [9.17, 15) is 0 Å². The maximum absolute atomic E-state index is 4.40. The first-order valence-corrected chi connectivity index (χ1v) is 6.34. The zero-order chi connectivity index (χ0) is 11.7. The molecule has 1 saturated carbocycles. The van der Waals surface area contributed by atoms with Gasteiger partial charge in [-0.25, -0.2) is 4.52 Å². The summed E-state index contributed by atoms with van der Waals surface area (Å²) in [7, 11) is 2.04. The van der Waals surface area contributed by atoms with E-state index in [-0.39, 0.29) is 0 Å². The molecule has 0 aliphatic heterocycles. The highest BCUT2D eigenvalue weighted by atomic mass is 15.2. The van der Waals surface area contributed by atoms with Crippen LogP contribution in [-0.2, 0) is 0 Å². The van der Waals surface area contributed by atoms with Crippen LogP contribution in [0.3, 0.4) is 0 Å². The molecule has 1 fully saturated rings. The van der Waals surface area contributed by atoms with Gasteiger partial charge in [0.2, 0.25) is 0 Å². The first-order chi connectivity index (χ1) is 8.40. The first-order valence-electron chi connectivity index (χ1n) is 6.34. The van der Waals surface area contributed by atoms with Crippen molar-refractivity contribution in [1.29, 1.82) is 0 Å². The molecular formula is C13H18N4. The average Bonchev–Trinajstić information content (AvgIpc) is 3.01. The van der Waals surface area contributed by atoms with E-state index >= 15 is 0 Å². The number of nitrogens with zero attached hydrogens (tertiary/aromatic N) is 3. The highest BCUT2D eigenvalue weighted by Crippen LogP contribution is 2.36. The van der Waals surface area contributed by atoms with Gasteiger partial charge in [-0.05, 0) is 25.8 Å². The predicted octanol–water partition coefficient (Wildman–Crippen LogP) is 2.18. The summed E-state index contributed by atoms with van der Waals surface area (Å²) in [6, 6.07) is 0.416. The Morgan fingerprint density at radius 1 is 1.35 bits per heavy atom. The quantitative estimate of drug-likeness (QED) is 0.878. The van der Waals surface area contributed by atoms with Crippen molar-refractivity contribution >= 4 is 5.52 Å². The molecule has 0 saturated heterocycles. The van der Waals surface area contributed by atoms with Gasteiger partial charge in [-0.15, -0.1) is 0 Å². The molecule has 1 N–H and O–H groups in total. The van der Waals surface area contributed by atoms with Crippen molar-refractivity contribution in [2.24, 2.45) is 5.92 Å². The SMILES string of the molecule is CNC(c1cnn2ccncc12)C1CCCC1. The lowest BCUT2D eigenvalue weighted by Gasteiger charge is -2.22. The van der Waals surface area contributed by atoms with E-state index in [1.165, 1.54) is 31.2 Å². The Hall–Kier alpha value is -1.42. The fourth-order valence-corrected chi connectivity index (χ4v) is 3.03. The molecule has 1 atom stereocenters. The van der Waals surface area contributed by atoms with Gasteiger partial charge in [0.05, 0.1) is 17.9 Å². The molecule has 0 bridgehead atoms. The molecule has 3 rings (SSSR count). The highest BCUT2D eigenvalue weighted by Gasteiger charge is 2.27. The second kappa shape index (κ2) is 4.45. The van der Waals surface area contributed by atoms with Crippen LogP contribution in [0.25, 0.3) is 5.52 Å². The van der Waals surface area contributed by atoms with Crippen molar-refractivity contribution in [1.82, 2.24) is 19.9 Å². The van der Waals surface area contributed by atoms with E-state index in [1.54, 1.807) is 6.20 Å². The van der Waals surface area contributed by atoms with E-state index in [0.29, 0.717) is 6.04 Å². The molecule has 0 spiro atoms. The van der Waals surface area contributed by atoms with Gasteiger partial charge in [-0.3, -0.25) is 4.98 Å². The van der Waals surface area contributed by atoms with Crippen molar-refractivity contribution in [3.05, 3.63) is 30.4 Å². The van der Waals surface area contributed by atoms with Crippen LogP contribution in [0, 0.1) is 5.92 Å². The van der Waals surface area contributed by atoms with Crippen LogP contribution in [0.4, 0.5) is 0 Å². The smallest absolute Gasteiger partial charge is 0.0892 e. The van der Waals surface area contributed by atoms with E-state index in [0.717, 1.165) is 11.4 Å². The normalized spacial score (nSPS) is 18.9. The lowest BCUT2D eigenvalue weighted by atomic mass is 9.93. The molecule has 1 aliphatic rings. The Morgan fingerprint density at radius 2 is 2.18 bits per heavy atom. The molecule has 0 radical (unpaired) electrons. The summed E-state index contributed by atoms with van der Waals surface area (Å²) >= 11 is 0. The maximum atomic E-state index is 4.40. The van der Waals surface area contributed by atoms with Crippen LogP contribution in [0.5, 0.6) is 0 Å². The van der Waals surface area contributed by atoms with Crippen LogP contribution in [0.1, 0.15) is 37.3 Å². The third-order valence-electron chi connectivity index (χ3n) is 3.87. The molecule has 2 heterocycles. The lowest BCUT2D eigenvalue weighted by molar-refractivity contribution is 0.392. The maximum Gasteiger partial charge on any atom is 0.0892 e. The van der Waals surface area contributed by atoms with Crippen molar-refractivity contribution in [2.75, 3.05) is 7.05 Å². The van der Waals surface area contributed by atoms with E-state index in [2.05, 4.69) is 15.4 Å². The third-order valence-corrected chi connectivity index (χ3v) is 3.87. The summed E-state index contributed by atoms with van der Waals surface area (Å²) in [6.07, 6.45) is 12.9. The van der Waals surface area contributed by atoms with Crippen molar-refractivity contribution in [3.63, 3.8) is 0 Å². The summed E-state index contributed by atoms with van der Waals surface area (Å²) in [5.41, 5.74) is 2.41. The Balaban J connectivity index is 2.00. The minimum Gasteiger partial charge on any atom is -0.313 e. The molecule has 17 heavy (non-hydrogen) atoms. The highest BCUT2D eigenvalue weighted by molar-refractivity contribution is 5.53. The van der Waals surface area contributed by atoms with Crippen LogP contribution in [0.15, 0.2) is 24.8 Å². The van der Waals surface area contributed by atoms with Gasteiger partial charge in [0, 0.05) is 24.0 Å². The van der Waals surface area contributed by atoms with Crippen molar-refractivity contribution in [2.45, 2.75) is 31.7 Å². The topological polar surface area (TPSA) is 42.2 Å². The Labute approximate surface area is 101 Å². The fraction of sp³-hybridized carbons (Fsp3) is 0.538. The largest absolute Gasteiger partial charge is 0.313 e. The number of rotatable bonds is 3. The molecule has 1 aliphatic carbocycles. The van der Waals surface area contributed by atoms with Crippen LogP contribution in [-0.4, -0.2) is 21.6 Å². The average molecular weight is 230 g/mol. The molecule has 90 valence electrons. The van der Waals surface area contributed by atoms with E-state index < -0.39 is 0 Å². The second-order valence-corrected chi connectivity index (χ2v) is 4.82. The minimum absolute atomic E-state index is 0.416. The van der Waals surface area contributed by atoms with Gasteiger partial charge in [0.15, 0.2) is 0 Å². The Bertz CT molecular complexity index is 499. The summed E-state index contributed by atoms with van der Waals surface area (Å²) in [4.78, 5) is 4.20. The molecule has 4 nitrogen and oxygen atoms in total. The predicted molar refractivity (Wildman–Crippen MR) is 66.7 cm³/mol. The second-order valence-electron chi connectivity index (χ2n) is 4.82. The van der Waals surface area contributed by atoms with Gasteiger partial charge < -0.3 is 5.32 Å². The van der Waals surface area contributed by atoms with Crippen molar-refractivity contribution < 1.29 is 0 Å². The number of hydrogen-bond donors (Lipinski definition) is 1. The zero-order valence-corrected chi connectivity index (χ0v) is 10.1. The van der Waals surface area contributed by atoms with Crippen molar-refractivity contribution in [3.8, 4) is 0 Å². The summed E-state index contributed by atoms with van der Waals surface area (Å²) in [5, 5.41) is 7.85. The third kappa shape index (κ3) is 1.82. The number of nitrogens with one attached hydrogen (secondary N) is 1. The lowest BCUT2D eigenvalue weighted by Crippen LogP contribution is -2.23. The molecule has 0 aromatic carbocycles. The summed E-state index contributed by atoms with van der Waals surface area (Å²) in [6.45, 7) is 0. The van der Waals surface area contributed by atoms with Crippen LogP contribution < -0.4 is 5.32 Å². The molecule has 2 aromatic heterocycles. The summed E-state index contributed by atoms with van der Waals surface area (Å²) < 4.78 is 1.90. The van der Waals surface area contributed by atoms with Crippen LogP contribution in [0.2, 0.25) is 0 Å². The molecule has 0 amide bonds. The fourth-order valence-electron chi connectivity index (χ4n) is 3.03. The van der Waals surface area contributed by atoms with Gasteiger partial charge >= 0.3 is 0 Å². The van der Waals surface area contributed by atoms with E-state index in [4.69, 9.17) is 0 Å². The van der Waals surface area contributed by atoms with Gasteiger partial charge in [0.25, 0.3) is 0 Å².